The SMILES string of the molecule is CCNC(=NCC(=O)Nc1ccc(F)c(F)c1F)NCCc1cccc(Cl)c1.I. The lowest BCUT2D eigenvalue weighted by Crippen LogP contribution is -2.39. The molecule has 2 aromatic rings. The molecule has 0 aliphatic rings. The third-order valence-electron chi connectivity index (χ3n) is 3.63. The van der Waals surface area contributed by atoms with Gasteiger partial charge in [-0.15, -0.1) is 24.0 Å². The molecule has 158 valence electrons. The van der Waals surface area contributed by atoms with Crippen molar-refractivity contribution in [2.45, 2.75) is 13.3 Å². The van der Waals surface area contributed by atoms with Crippen LogP contribution in [-0.2, 0) is 11.2 Å². The van der Waals surface area contributed by atoms with Gasteiger partial charge >= 0.3 is 0 Å². The van der Waals surface area contributed by atoms with Crippen molar-refractivity contribution >= 4 is 53.1 Å². The highest BCUT2D eigenvalue weighted by atomic mass is 127. The molecule has 0 saturated heterocycles. The van der Waals surface area contributed by atoms with Gasteiger partial charge in [-0.1, -0.05) is 23.7 Å². The van der Waals surface area contributed by atoms with E-state index in [1.54, 1.807) is 6.07 Å². The van der Waals surface area contributed by atoms with Crippen molar-refractivity contribution in [2.24, 2.45) is 4.99 Å². The molecule has 0 heterocycles. The van der Waals surface area contributed by atoms with Crippen molar-refractivity contribution in [3.05, 3.63) is 64.4 Å². The van der Waals surface area contributed by atoms with Gasteiger partial charge in [0.15, 0.2) is 23.4 Å². The molecule has 0 fully saturated rings. The fraction of sp³-hybridized carbons (Fsp3) is 0.263. The molecular formula is C19H21ClF3IN4O. The highest BCUT2D eigenvalue weighted by molar-refractivity contribution is 14.0. The van der Waals surface area contributed by atoms with E-state index >= 15 is 0 Å². The Hall–Kier alpha value is -2.01. The molecule has 3 N–H and O–H groups in total. The molecule has 0 spiro atoms. The van der Waals surface area contributed by atoms with Crippen LogP contribution in [0.25, 0.3) is 0 Å². The number of carbonyl (C=O) groups excluding carboxylic acids is 1. The maximum Gasteiger partial charge on any atom is 0.246 e. The number of carbonyl (C=O) groups is 1. The van der Waals surface area contributed by atoms with Crippen LogP contribution in [0.2, 0.25) is 5.02 Å². The summed E-state index contributed by atoms with van der Waals surface area (Å²) >= 11 is 5.94. The van der Waals surface area contributed by atoms with E-state index in [-0.39, 0.29) is 30.5 Å². The number of benzene rings is 2. The van der Waals surface area contributed by atoms with Crippen molar-refractivity contribution in [1.29, 1.82) is 0 Å². The van der Waals surface area contributed by atoms with Crippen LogP contribution >= 0.6 is 35.6 Å². The molecule has 2 rings (SSSR count). The van der Waals surface area contributed by atoms with Crippen LogP contribution in [-0.4, -0.2) is 31.5 Å². The minimum atomic E-state index is -1.64. The second-order valence-electron chi connectivity index (χ2n) is 5.77. The summed E-state index contributed by atoms with van der Waals surface area (Å²) in [5.74, 6) is -4.70. The second-order valence-corrected chi connectivity index (χ2v) is 6.21. The highest BCUT2D eigenvalue weighted by Gasteiger charge is 2.15. The Kier molecular flexibility index (Phi) is 10.8. The number of halogens is 5. The molecule has 5 nitrogen and oxygen atoms in total. The first-order valence-corrected chi connectivity index (χ1v) is 8.98. The van der Waals surface area contributed by atoms with Gasteiger partial charge < -0.3 is 16.0 Å². The van der Waals surface area contributed by atoms with Gasteiger partial charge in [0.05, 0.1) is 5.69 Å². The van der Waals surface area contributed by atoms with Crippen molar-refractivity contribution in [3.63, 3.8) is 0 Å². The number of nitrogens with zero attached hydrogens (tertiary/aromatic N) is 1. The average Bonchev–Trinajstić information content (AvgIpc) is 2.66. The topological polar surface area (TPSA) is 65.5 Å². The van der Waals surface area contributed by atoms with Gasteiger partial charge in [0.2, 0.25) is 5.91 Å². The maximum absolute atomic E-state index is 13.6. The molecule has 29 heavy (non-hydrogen) atoms. The lowest BCUT2D eigenvalue weighted by atomic mass is 10.1. The first-order valence-electron chi connectivity index (χ1n) is 8.60. The molecule has 0 bridgehead atoms. The molecule has 10 heteroatoms. The van der Waals surface area contributed by atoms with E-state index in [1.807, 2.05) is 25.1 Å². The summed E-state index contributed by atoms with van der Waals surface area (Å²) in [5.41, 5.74) is 0.598. The fourth-order valence-corrected chi connectivity index (χ4v) is 2.54. The predicted molar refractivity (Wildman–Crippen MR) is 119 cm³/mol. The van der Waals surface area contributed by atoms with Crippen LogP contribution in [0.1, 0.15) is 12.5 Å². The van der Waals surface area contributed by atoms with Crippen LogP contribution < -0.4 is 16.0 Å². The number of hydrogen-bond acceptors (Lipinski definition) is 2. The molecular weight excluding hydrogens is 520 g/mol. The van der Waals surface area contributed by atoms with Gasteiger partial charge in [0.1, 0.15) is 6.54 Å². The van der Waals surface area contributed by atoms with Gasteiger partial charge in [-0.2, -0.15) is 0 Å². The third kappa shape index (κ3) is 8.09. The zero-order valence-corrected chi connectivity index (χ0v) is 18.7. The van der Waals surface area contributed by atoms with E-state index in [0.29, 0.717) is 30.5 Å². The summed E-state index contributed by atoms with van der Waals surface area (Å²) in [6.07, 6.45) is 0.692. The normalized spacial score (nSPS) is 10.9. The molecule has 0 saturated carbocycles. The maximum atomic E-state index is 13.6. The predicted octanol–water partition coefficient (Wildman–Crippen LogP) is 4.11. The zero-order chi connectivity index (χ0) is 20.5. The number of amides is 1. The number of rotatable bonds is 7. The molecule has 0 unspecified atom stereocenters. The standard InChI is InChI=1S/C19H20ClF3N4O.HI/c1-2-24-19(25-9-8-12-4-3-5-13(20)10-12)26-11-16(28)27-15-7-6-14(21)17(22)18(15)23;/h3-7,10H,2,8-9,11H2,1H3,(H,27,28)(H2,24,25,26);1H. The number of hydrogen-bond donors (Lipinski definition) is 3. The van der Waals surface area contributed by atoms with Crippen molar-refractivity contribution in [1.82, 2.24) is 10.6 Å². The Morgan fingerprint density at radius 1 is 1.10 bits per heavy atom. The minimum absolute atomic E-state index is 0. The van der Waals surface area contributed by atoms with Crippen LogP contribution in [0.4, 0.5) is 18.9 Å². The Balaban J connectivity index is 0.00000420. The minimum Gasteiger partial charge on any atom is -0.357 e. The number of nitrogens with one attached hydrogen (secondary N) is 3. The monoisotopic (exact) mass is 540 g/mol. The van der Waals surface area contributed by atoms with E-state index < -0.39 is 29.0 Å². The number of anilines is 1. The Labute approximate surface area is 189 Å². The summed E-state index contributed by atoms with van der Waals surface area (Å²) in [6.45, 7) is 2.66. The van der Waals surface area contributed by atoms with Gasteiger partial charge in [0.25, 0.3) is 0 Å². The Bertz CT molecular complexity index is 867. The lowest BCUT2D eigenvalue weighted by Gasteiger charge is -2.11. The van der Waals surface area contributed by atoms with Crippen molar-refractivity contribution in [2.75, 3.05) is 25.0 Å². The van der Waals surface area contributed by atoms with Crippen LogP contribution in [0, 0.1) is 17.5 Å². The van der Waals surface area contributed by atoms with Gasteiger partial charge in [-0.25, -0.2) is 18.2 Å². The summed E-state index contributed by atoms with van der Waals surface area (Å²) in [4.78, 5) is 16.0. The Morgan fingerprint density at radius 2 is 1.86 bits per heavy atom. The van der Waals surface area contributed by atoms with Gasteiger partial charge in [-0.3, -0.25) is 4.79 Å². The molecule has 0 atom stereocenters. The first kappa shape index (κ1) is 25.0. The Morgan fingerprint density at radius 3 is 2.55 bits per heavy atom. The van der Waals surface area contributed by atoms with E-state index in [0.717, 1.165) is 17.7 Å². The smallest absolute Gasteiger partial charge is 0.246 e. The zero-order valence-electron chi connectivity index (χ0n) is 15.6. The molecule has 2 aromatic carbocycles. The van der Waals surface area contributed by atoms with Crippen molar-refractivity contribution in [3.8, 4) is 0 Å². The quantitative estimate of drug-likeness (QED) is 0.214. The molecule has 1 amide bonds. The molecule has 0 aliphatic carbocycles. The second kappa shape index (κ2) is 12.5. The van der Waals surface area contributed by atoms with Gasteiger partial charge in [0, 0.05) is 18.1 Å². The summed E-state index contributed by atoms with van der Waals surface area (Å²) in [6, 6.07) is 9.14. The first-order chi connectivity index (χ1) is 13.4. The lowest BCUT2D eigenvalue weighted by molar-refractivity contribution is -0.114. The fourth-order valence-electron chi connectivity index (χ4n) is 2.32. The van der Waals surface area contributed by atoms with Crippen LogP contribution in [0.5, 0.6) is 0 Å². The van der Waals surface area contributed by atoms with E-state index in [4.69, 9.17) is 11.6 Å². The summed E-state index contributed by atoms with van der Waals surface area (Å²) in [5, 5.41) is 8.86. The van der Waals surface area contributed by atoms with E-state index in [1.165, 1.54) is 0 Å². The van der Waals surface area contributed by atoms with E-state index in [2.05, 4.69) is 20.9 Å². The largest absolute Gasteiger partial charge is 0.357 e. The van der Waals surface area contributed by atoms with Crippen molar-refractivity contribution < 1.29 is 18.0 Å². The third-order valence-corrected chi connectivity index (χ3v) is 3.86. The summed E-state index contributed by atoms with van der Waals surface area (Å²) in [7, 11) is 0. The molecule has 0 radical (unpaired) electrons. The number of guanidine groups is 1. The van der Waals surface area contributed by atoms with Crippen LogP contribution in [0.3, 0.4) is 0 Å². The molecule has 0 aliphatic heterocycles. The molecule has 0 aromatic heterocycles. The number of aliphatic imine (C=N–C) groups is 1. The van der Waals surface area contributed by atoms with Crippen LogP contribution in [0.15, 0.2) is 41.4 Å². The highest BCUT2D eigenvalue weighted by Crippen LogP contribution is 2.19. The average molecular weight is 541 g/mol. The van der Waals surface area contributed by atoms with Gasteiger partial charge in [-0.05, 0) is 43.2 Å². The van der Waals surface area contributed by atoms with E-state index in [9.17, 15) is 18.0 Å². The summed E-state index contributed by atoms with van der Waals surface area (Å²) < 4.78 is 39.7.